The number of hydrogen-bond donors (Lipinski definition) is 1. The van der Waals surface area contributed by atoms with Gasteiger partial charge in [-0.2, -0.15) is 0 Å². The molecule has 86 valence electrons. The van der Waals surface area contributed by atoms with E-state index in [9.17, 15) is 14.9 Å². The number of nitro groups is 1. The molecule has 5 heteroatoms. The number of aromatic nitrogens is 1. The minimum atomic E-state index is -0.440. The van der Waals surface area contributed by atoms with Crippen LogP contribution >= 0.6 is 0 Å². The molecule has 1 aromatic carbocycles. The summed E-state index contributed by atoms with van der Waals surface area (Å²) in [6.07, 6.45) is 0. The van der Waals surface area contributed by atoms with Gasteiger partial charge in [0.2, 0.25) is 5.56 Å². The molecule has 0 atom stereocenters. The quantitative estimate of drug-likeness (QED) is 0.635. The van der Waals surface area contributed by atoms with Crippen LogP contribution in [0.2, 0.25) is 0 Å². The lowest BCUT2D eigenvalue weighted by molar-refractivity contribution is -0.384. The second kappa shape index (κ2) is 4.21. The Morgan fingerprint density at radius 1 is 1.24 bits per heavy atom. The average molecular weight is 230 g/mol. The van der Waals surface area contributed by atoms with Crippen LogP contribution in [-0.2, 0) is 0 Å². The van der Waals surface area contributed by atoms with E-state index < -0.39 is 4.92 Å². The minimum absolute atomic E-state index is 0.0459. The fourth-order valence-electron chi connectivity index (χ4n) is 1.67. The van der Waals surface area contributed by atoms with Crippen LogP contribution in [-0.4, -0.2) is 9.91 Å². The summed E-state index contributed by atoms with van der Waals surface area (Å²) in [4.78, 5) is 24.0. The van der Waals surface area contributed by atoms with Gasteiger partial charge < -0.3 is 4.98 Å². The van der Waals surface area contributed by atoms with Crippen molar-refractivity contribution in [1.29, 1.82) is 0 Å². The zero-order valence-electron chi connectivity index (χ0n) is 9.14. The summed E-state index contributed by atoms with van der Waals surface area (Å²) < 4.78 is 0. The Kier molecular flexibility index (Phi) is 2.74. The summed E-state index contributed by atoms with van der Waals surface area (Å²) >= 11 is 0. The van der Waals surface area contributed by atoms with E-state index in [1.165, 1.54) is 18.2 Å². The van der Waals surface area contributed by atoms with Gasteiger partial charge in [0.25, 0.3) is 5.69 Å². The molecule has 1 N–H and O–H groups in total. The molecule has 0 radical (unpaired) electrons. The van der Waals surface area contributed by atoms with Crippen molar-refractivity contribution in [2.75, 3.05) is 0 Å². The van der Waals surface area contributed by atoms with Crippen molar-refractivity contribution < 1.29 is 4.92 Å². The highest BCUT2D eigenvalue weighted by Gasteiger charge is 2.09. The third-order valence-corrected chi connectivity index (χ3v) is 2.48. The lowest BCUT2D eigenvalue weighted by atomic mass is 10.0. The number of benzene rings is 1. The van der Waals surface area contributed by atoms with Gasteiger partial charge in [0, 0.05) is 29.5 Å². The molecule has 0 aliphatic rings. The molecule has 5 nitrogen and oxygen atoms in total. The third-order valence-electron chi connectivity index (χ3n) is 2.48. The maximum Gasteiger partial charge on any atom is 0.269 e. The normalized spacial score (nSPS) is 10.2. The van der Waals surface area contributed by atoms with Crippen molar-refractivity contribution in [3.05, 3.63) is 62.4 Å². The zero-order valence-corrected chi connectivity index (χ0v) is 9.14. The summed E-state index contributed by atoms with van der Waals surface area (Å²) in [6.45, 7) is 1.77. The number of hydrogen-bond acceptors (Lipinski definition) is 3. The number of nitrogens with zero attached hydrogens (tertiary/aromatic N) is 1. The molecule has 2 rings (SSSR count). The fourth-order valence-corrected chi connectivity index (χ4v) is 1.67. The Labute approximate surface area is 96.9 Å². The summed E-state index contributed by atoms with van der Waals surface area (Å²) in [5, 5.41) is 10.6. The van der Waals surface area contributed by atoms with E-state index >= 15 is 0 Å². The van der Waals surface area contributed by atoms with Gasteiger partial charge in [-0.3, -0.25) is 14.9 Å². The molecular formula is C12H10N2O3. The van der Waals surface area contributed by atoms with Gasteiger partial charge >= 0.3 is 0 Å². The van der Waals surface area contributed by atoms with Gasteiger partial charge in [-0.05, 0) is 24.6 Å². The van der Waals surface area contributed by atoms with E-state index in [0.717, 1.165) is 11.1 Å². The van der Waals surface area contributed by atoms with Crippen LogP contribution in [0.3, 0.4) is 0 Å². The molecule has 2 aromatic rings. The highest BCUT2D eigenvalue weighted by Crippen LogP contribution is 2.24. The van der Waals surface area contributed by atoms with Crippen molar-refractivity contribution in [3.63, 3.8) is 0 Å². The molecule has 1 aromatic heterocycles. The van der Waals surface area contributed by atoms with E-state index in [4.69, 9.17) is 0 Å². The van der Waals surface area contributed by atoms with Gasteiger partial charge in [-0.25, -0.2) is 0 Å². The van der Waals surface area contributed by atoms with E-state index in [-0.39, 0.29) is 11.2 Å². The van der Waals surface area contributed by atoms with Crippen LogP contribution in [0.5, 0.6) is 0 Å². The largest absolute Gasteiger partial charge is 0.322 e. The first-order valence-corrected chi connectivity index (χ1v) is 5.02. The molecule has 0 aliphatic heterocycles. The van der Waals surface area contributed by atoms with Crippen LogP contribution < -0.4 is 5.56 Å². The van der Waals surface area contributed by atoms with Crippen LogP contribution in [0.1, 0.15) is 5.56 Å². The number of nitrogens with one attached hydrogen (secondary N) is 1. The van der Waals surface area contributed by atoms with Gasteiger partial charge in [0.05, 0.1) is 4.92 Å². The molecule has 17 heavy (non-hydrogen) atoms. The number of aryl methyl sites for hydroxylation is 1. The van der Waals surface area contributed by atoms with Crippen molar-refractivity contribution in [2.24, 2.45) is 0 Å². The number of nitro benzene ring substituents is 1. The molecule has 0 unspecified atom stereocenters. The smallest absolute Gasteiger partial charge is 0.269 e. The number of non-ortho nitro benzene ring substituents is 1. The summed E-state index contributed by atoms with van der Waals surface area (Å²) in [7, 11) is 0. The van der Waals surface area contributed by atoms with Crippen molar-refractivity contribution in [2.45, 2.75) is 6.92 Å². The average Bonchev–Trinajstić information content (AvgIpc) is 2.28. The number of H-pyrrole nitrogens is 1. The lowest BCUT2D eigenvalue weighted by Gasteiger charge is -2.05. The van der Waals surface area contributed by atoms with E-state index in [0.29, 0.717) is 5.69 Å². The highest BCUT2D eigenvalue weighted by molar-refractivity contribution is 5.65. The second-order valence-corrected chi connectivity index (χ2v) is 3.69. The molecule has 1 heterocycles. The van der Waals surface area contributed by atoms with Gasteiger partial charge in [-0.1, -0.05) is 6.07 Å². The van der Waals surface area contributed by atoms with Crippen LogP contribution in [0.4, 0.5) is 5.69 Å². The standard InChI is InChI=1S/C12H10N2O3/c1-8-7-9(14(16)17)5-6-10(8)11-3-2-4-12(15)13-11/h2-7H,1H3,(H,13,15). The predicted molar refractivity (Wildman–Crippen MR) is 63.9 cm³/mol. The van der Waals surface area contributed by atoms with Gasteiger partial charge in [0.15, 0.2) is 0 Å². The Hall–Kier alpha value is -2.43. The van der Waals surface area contributed by atoms with Crippen molar-refractivity contribution in [1.82, 2.24) is 4.98 Å². The first kappa shape index (κ1) is 11.1. The Balaban J connectivity index is 2.54. The topological polar surface area (TPSA) is 76.0 Å². The van der Waals surface area contributed by atoms with E-state index in [2.05, 4.69) is 4.98 Å². The lowest BCUT2D eigenvalue weighted by Crippen LogP contribution is -2.04. The van der Waals surface area contributed by atoms with E-state index in [1.54, 1.807) is 25.1 Å². The van der Waals surface area contributed by atoms with Crippen LogP contribution in [0.25, 0.3) is 11.3 Å². The molecule has 0 amide bonds. The molecule has 0 saturated heterocycles. The minimum Gasteiger partial charge on any atom is -0.322 e. The summed E-state index contributed by atoms with van der Waals surface area (Å²) in [5.41, 5.74) is 2.05. The van der Waals surface area contributed by atoms with Crippen molar-refractivity contribution >= 4 is 5.69 Å². The fraction of sp³-hybridized carbons (Fsp3) is 0.0833. The predicted octanol–water partition coefficient (Wildman–Crippen LogP) is 2.26. The number of rotatable bonds is 2. The first-order chi connectivity index (χ1) is 8.08. The summed E-state index contributed by atoms with van der Waals surface area (Å²) in [5.74, 6) is 0. The van der Waals surface area contributed by atoms with E-state index in [1.807, 2.05) is 0 Å². The Morgan fingerprint density at radius 2 is 2.00 bits per heavy atom. The zero-order chi connectivity index (χ0) is 12.4. The monoisotopic (exact) mass is 230 g/mol. The maximum atomic E-state index is 11.2. The SMILES string of the molecule is Cc1cc([N+](=O)[O-])ccc1-c1cccc(=O)[nH]1. The molecule has 0 fully saturated rings. The molecule has 0 saturated carbocycles. The summed E-state index contributed by atoms with van der Waals surface area (Å²) in [6, 6.07) is 9.38. The van der Waals surface area contributed by atoms with Gasteiger partial charge in [-0.15, -0.1) is 0 Å². The Morgan fingerprint density at radius 3 is 2.59 bits per heavy atom. The highest BCUT2D eigenvalue weighted by atomic mass is 16.6. The number of pyridine rings is 1. The maximum absolute atomic E-state index is 11.2. The molecular weight excluding hydrogens is 220 g/mol. The second-order valence-electron chi connectivity index (χ2n) is 3.69. The van der Waals surface area contributed by atoms with Gasteiger partial charge in [0.1, 0.15) is 0 Å². The molecule has 0 bridgehead atoms. The number of aromatic amines is 1. The van der Waals surface area contributed by atoms with Crippen molar-refractivity contribution in [3.8, 4) is 11.3 Å². The molecule has 0 spiro atoms. The first-order valence-electron chi connectivity index (χ1n) is 5.02. The van der Waals surface area contributed by atoms with Crippen LogP contribution in [0.15, 0.2) is 41.2 Å². The Bertz CT molecular complexity index is 632. The molecule has 0 aliphatic carbocycles. The third kappa shape index (κ3) is 2.23. The van der Waals surface area contributed by atoms with Crippen LogP contribution in [0, 0.1) is 17.0 Å².